The van der Waals surface area contributed by atoms with E-state index in [0.717, 1.165) is 48.4 Å². The Morgan fingerprint density at radius 2 is 2.00 bits per heavy atom. The molecule has 110 valence electrons. The first kappa shape index (κ1) is 13.0. The molecule has 1 aromatic heterocycles. The number of rotatable bonds is 4. The third-order valence-electron chi connectivity index (χ3n) is 4.55. The van der Waals surface area contributed by atoms with Crippen LogP contribution in [0.15, 0.2) is 30.5 Å². The van der Waals surface area contributed by atoms with Crippen molar-refractivity contribution in [2.45, 2.75) is 31.7 Å². The lowest BCUT2D eigenvalue weighted by molar-refractivity contribution is 0.389. The molecule has 1 aromatic carbocycles. The maximum atomic E-state index is 4.78. The molecule has 4 nitrogen and oxygen atoms in total. The molecule has 4 rings (SSSR count). The van der Waals surface area contributed by atoms with Gasteiger partial charge in [0, 0.05) is 19.1 Å². The van der Waals surface area contributed by atoms with Crippen LogP contribution in [0, 0.1) is 5.92 Å². The van der Waals surface area contributed by atoms with Crippen LogP contribution < -0.4 is 10.2 Å². The summed E-state index contributed by atoms with van der Waals surface area (Å²) in [5.41, 5.74) is 1.97. The van der Waals surface area contributed by atoms with E-state index < -0.39 is 0 Å². The topological polar surface area (TPSA) is 41.1 Å². The fraction of sp³-hybridized carbons (Fsp3) is 0.529. The van der Waals surface area contributed by atoms with Crippen LogP contribution in [0.1, 0.15) is 25.7 Å². The highest BCUT2D eigenvalue weighted by Gasteiger charge is 2.25. The van der Waals surface area contributed by atoms with Crippen molar-refractivity contribution in [3.05, 3.63) is 30.5 Å². The average molecular weight is 282 g/mol. The molecule has 4 heteroatoms. The predicted molar refractivity (Wildman–Crippen MR) is 85.5 cm³/mol. The Hall–Kier alpha value is -1.68. The summed E-state index contributed by atoms with van der Waals surface area (Å²) in [7, 11) is 0. The van der Waals surface area contributed by atoms with Gasteiger partial charge in [-0.1, -0.05) is 12.1 Å². The maximum absolute atomic E-state index is 4.78. The summed E-state index contributed by atoms with van der Waals surface area (Å²) in [5.74, 6) is 1.78. The van der Waals surface area contributed by atoms with E-state index in [1.54, 1.807) is 0 Å². The molecule has 0 spiro atoms. The molecule has 2 heterocycles. The largest absolute Gasteiger partial charge is 0.355 e. The zero-order chi connectivity index (χ0) is 14.1. The smallest absolute Gasteiger partial charge is 0.147 e. The van der Waals surface area contributed by atoms with Crippen molar-refractivity contribution in [1.29, 1.82) is 0 Å². The fourth-order valence-corrected chi connectivity index (χ4v) is 3.16. The van der Waals surface area contributed by atoms with Gasteiger partial charge in [-0.25, -0.2) is 4.98 Å². The van der Waals surface area contributed by atoms with Gasteiger partial charge in [-0.3, -0.25) is 4.98 Å². The number of anilines is 1. The first-order chi connectivity index (χ1) is 10.4. The second-order valence-electron chi connectivity index (χ2n) is 6.35. The molecule has 1 saturated carbocycles. The van der Waals surface area contributed by atoms with Crippen molar-refractivity contribution in [1.82, 2.24) is 15.3 Å². The minimum absolute atomic E-state index is 0.743. The van der Waals surface area contributed by atoms with Gasteiger partial charge in [0.05, 0.1) is 17.2 Å². The summed E-state index contributed by atoms with van der Waals surface area (Å²) in [4.78, 5) is 11.7. The van der Waals surface area contributed by atoms with Crippen molar-refractivity contribution >= 4 is 16.9 Å². The van der Waals surface area contributed by atoms with E-state index in [2.05, 4.69) is 15.2 Å². The van der Waals surface area contributed by atoms with Gasteiger partial charge in [0.2, 0.25) is 0 Å². The highest BCUT2D eigenvalue weighted by molar-refractivity contribution is 5.75. The molecule has 1 aliphatic heterocycles. The molecule has 0 amide bonds. The van der Waals surface area contributed by atoms with Crippen molar-refractivity contribution in [3.8, 4) is 0 Å². The molecule has 1 saturated heterocycles. The van der Waals surface area contributed by atoms with Crippen LogP contribution in [-0.4, -0.2) is 35.6 Å². The minimum atomic E-state index is 0.743. The van der Waals surface area contributed by atoms with Crippen LogP contribution >= 0.6 is 0 Å². The van der Waals surface area contributed by atoms with Gasteiger partial charge in [0.1, 0.15) is 5.82 Å². The Morgan fingerprint density at radius 3 is 2.86 bits per heavy atom. The maximum Gasteiger partial charge on any atom is 0.147 e. The van der Waals surface area contributed by atoms with E-state index in [4.69, 9.17) is 4.98 Å². The van der Waals surface area contributed by atoms with E-state index in [-0.39, 0.29) is 0 Å². The van der Waals surface area contributed by atoms with Gasteiger partial charge >= 0.3 is 0 Å². The van der Waals surface area contributed by atoms with Crippen LogP contribution in [0.5, 0.6) is 0 Å². The van der Waals surface area contributed by atoms with Crippen LogP contribution in [0.2, 0.25) is 0 Å². The number of hydrogen-bond acceptors (Lipinski definition) is 4. The van der Waals surface area contributed by atoms with Gasteiger partial charge in [-0.15, -0.1) is 0 Å². The highest BCUT2D eigenvalue weighted by atomic mass is 15.2. The van der Waals surface area contributed by atoms with E-state index >= 15 is 0 Å². The zero-order valence-corrected chi connectivity index (χ0v) is 12.3. The fourth-order valence-electron chi connectivity index (χ4n) is 3.16. The first-order valence-corrected chi connectivity index (χ1v) is 8.08. The van der Waals surface area contributed by atoms with Gasteiger partial charge in [-0.2, -0.15) is 0 Å². The summed E-state index contributed by atoms with van der Waals surface area (Å²) in [6, 6.07) is 8.91. The first-order valence-electron chi connectivity index (χ1n) is 8.08. The number of para-hydroxylation sites is 2. The quantitative estimate of drug-likeness (QED) is 0.936. The number of nitrogens with zero attached hydrogens (tertiary/aromatic N) is 3. The molecule has 2 aromatic rings. The lowest BCUT2D eigenvalue weighted by Crippen LogP contribution is -2.40. The molecule has 2 aliphatic rings. The summed E-state index contributed by atoms with van der Waals surface area (Å²) >= 11 is 0. The van der Waals surface area contributed by atoms with Crippen molar-refractivity contribution in [2.24, 2.45) is 5.92 Å². The molecule has 1 N–H and O–H groups in total. The minimum Gasteiger partial charge on any atom is -0.355 e. The normalized spacial score (nSPS) is 22.7. The van der Waals surface area contributed by atoms with Crippen LogP contribution in [0.25, 0.3) is 11.0 Å². The molecular formula is C17H22N4. The third-order valence-corrected chi connectivity index (χ3v) is 4.55. The lowest BCUT2D eigenvalue weighted by Gasteiger charge is -2.33. The van der Waals surface area contributed by atoms with E-state index in [9.17, 15) is 0 Å². The van der Waals surface area contributed by atoms with Gasteiger partial charge < -0.3 is 10.2 Å². The van der Waals surface area contributed by atoms with Crippen molar-refractivity contribution < 1.29 is 0 Å². The third kappa shape index (κ3) is 3.00. The monoisotopic (exact) mass is 282 g/mol. The van der Waals surface area contributed by atoms with Gasteiger partial charge in [0.25, 0.3) is 0 Å². The Labute approximate surface area is 125 Å². The predicted octanol–water partition coefficient (Wildman–Crippen LogP) is 2.60. The Bertz CT molecular complexity index is 623. The van der Waals surface area contributed by atoms with E-state index in [1.807, 2.05) is 30.5 Å². The average Bonchev–Trinajstić information content (AvgIpc) is 3.37. The molecular weight excluding hydrogens is 260 g/mol. The number of nitrogens with one attached hydrogen (secondary N) is 1. The summed E-state index contributed by atoms with van der Waals surface area (Å²) in [5, 5.41) is 3.67. The number of hydrogen-bond donors (Lipinski definition) is 1. The van der Waals surface area contributed by atoms with Crippen molar-refractivity contribution in [2.75, 3.05) is 24.5 Å². The van der Waals surface area contributed by atoms with E-state index in [1.165, 1.54) is 25.7 Å². The van der Waals surface area contributed by atoms with Gasteiger partial charge in [0.15, 0.2) is 0 Å². The highest BCUT2D eigenvalue weighted by Crippen LogP contribution is 2.24. The molecule has 1 unspecified atom stereocenters. The lowest BCUT2D eigenvalue weighted by atomic mass is 9.98. The molecule has 1 aliphatic carbocycles. The van der Waals surface area contributed by atoms with Gasteiger partial charge in [-0.05, 0) is 50.3 Å². The van der Waals surface area contributed by atoms with Crippen LogP contribution in [0.4, 0.5) is 5.82 Å². The summed E-state index contributed by atoms with van der Waals surface area (Å²) < 4.78 is 0. The molecule has 0 bridgehead atoms. The number of aromatic nitrogens is 2. The second kappa shape index (κ2) is 5.60. The van der Waals surface area contributed by atoms with Crippen LogP contribution in [0.3, 0.4) is 0 Å². The molecule has 2 fully saturated rings. The molecule has 0 radical (unpaired) electrons. The Morgan fingerprint density at radius 1 is 1.14 bits per heavy atom. The number of piperidine rings is 1. The standard InChI is InChI=1S/C17H22N4/c1-2-6-16-15(5-1)19-11-17(20-16)21-9-3-4-13(12-21)10-18-14-7-8-14/h1-2,5-6,11,13-14,18H,3-4,7-10,12H2. The molecule has 21 heavy (non-hydrogen) atoms. The Balaban J connectivity index is 1.47. The summed E-state index contributed by atoms with van der Waals surface area (Å²) in [6.45, 7) is 3.36. The van der Waals surface area contributed by atoms with Crippen molar-refractivity contribution in [3.63, 3.8) is 0 Å². The Kier molecular flexibility index (Phi) is 3.47. The SMILES string of the molecule is c1ccc2nc(N3CCCC(CNC4CC4)C3)cnc2c1. The zero-order valence-electron chi connectivity index (χ0n) is 12.3. The van der Waals surface area contributed by atoms with E-state index in [0.29, 0.717) is 0 Å². The molecule has 1 atom stereocenters. The number of benzene rings is 1. The number of fused-ring (bicyclic) bond motifs is 1. The van der Waals surface area contributed by atoms with Crippen LogP contribution in [-0.2, 0) is 0 Å². The second-order valence-corrected chi connectivity index (χ2v) is 6.35. The summed E-state index contributed by atoms with van der Waals surface area (Å²) in [6.07, 6.45) is 7.25.